The average molecular weight is 474 g/mol. The second kappa shape index (κ2) is 9.96. The molecule has 2 bridgehead atoms. The SMILES string of the molecule is CN=C(NCCNC(=O)c1cccc(OC)c1)NC1CC2CCC1O2.I. The first-order valence-corrected chi connectivity index (χ1v) is 8.74. The van der Waals surface area contributed by atoms with Crippen molar-refractivity contribution < 1.29 is 14.3 Å². The molecule has 3 rings (SSSR count). The number of hydrogen-bond donors (Lipinski definition) is 3. The summed E-state index contributed by atoms with van der Waals surface area (Å²) in [5.41, 5.74) is 0.584. The third-order valence-corrected chi connectivity index (χ3v) is 4.69. The van der Waals surface area contributed by atoms with Crippen molar-refractivity contribution in [1.29, 1.82) is 0 Å². The Kier molecular flexibility index (Phi) is 7.95. The molecule has 3 atom stereocenters. The van der Waals surface area contributed by atoms with Crippen molar-refractivity contribution in [3.8, 4) is 5.75 Å². The summed E-state index contributed by atoms with van der Waals surface area (Å²) in [6, 6.07) is 7.43. The highest BCUT2D eigenvalue weighted by molar-refractivity contribution is 14.0. The number of nitrogens with zero attached hydrogens (tertiary/aromatic N) is 1. The minimum Gasteiger partial charge on any atom is -0.497 e. The van der Waals surface area contributed by atoms with E-state index in [0.717, 1.165) is 18.8 Å². The number of halogens is 1. The normalized spacial score (nSPS) is 23.9. The number of benzene rings is 1. The lowest BCUT2D eigenvalue weighted by molar-refractivity contribution is 0.0954. The summed E-state index contributed by atoms with van der Waals surface area (Å²) in [5, 5.41) is 9.53. The Morgan fingerprint density at radius 1 is 1.31 bits per heavy atom. The maximum Gasteiger partial charge on any atom is 0.251 e. The third-order valence-electron chi connectivity index (χ3n) is 4.69. The van der Waals surface area contributed by atoms with Gasteiger partial charge in [0.15, 0.2) is 5.96 Å². The van der Waals surface area contributed by atoms with Gasteiger partial charge in [-0.2, -0.15) is 0 Å². The molecule has 26 heavy (non-hydrogen) atoms. The first kappa shape index (κ1) is 20.8. The van der Waals surface area contributed by atoms with Crippen LogP contribution in [0.25, 0.3) is 0 Å². The Hall–Kier alpha value is -1.55. The number of nitrogens with one attached hydrogen (secondary N) is 3. The van der Waals surface area contributed by atoms with Gasteiger partial charge >= 0.3 is 0 Å². The van der Waals surface area contributed by atoms with Crippen LogP contribution < -0.4 is 20.7 Å². The highest BCUT2D eigenvalue weighted by Gasteiger charge is 2.41. The quantitative estimate of drug-likeness (QED) is 0.252. The molecular formula is C18H27IN4O3. The van der Waals surface area contributed by atoms with E-state index in [1.165, 1.54) is 6.42 Å². The number of carbonyl (C=O) groups excluding carboxylic acids is 1. The zero-order valence-corrected chi connectivity index (χ0v) is 17.5. The van der Waals surface area contributed by atoms with Gasteiger partial charge < -0.3 is 25.4 Å². The molecule has 144 valence electrons. The highest BCUT2D eigenvalue weighted by atomic mass is 127. The molecule has 3 N–H and O–H groups in total. The predicted octanol–water partition coefficient (Wildman–Crippen LogP) is 1.53. The van der Waals surface area contributed by atoms with Gasteiger partial charge in [-0.1, -0.05) is 6.07 Å². The highest BCUT2D eigenvalue weighted by Crippen LogP contribution is 2.34. The first-order valence-electron chi connectivity index (χ1n) is 8.74. The van der Waals surface area contributed by atoms with Crippen LogP contribution in [0.3, 0.4) is 0 Å². The topological polar surface area (TPSA) is 84.0 Å². The van der Waals surface area contributed by atoms with E-state index in [0.29, 0.717) is 42.7 Å². The zero-order valence-electron chi connectivity index (χ0n) is 15.2. The van der Waals surface area contributed by atoms with E-state index in [2.05, 4.69) is 20.9 Å². The Labute approximate surface area is 171 Å². The van der Waals surface area contributed by atoms with E-state index in [4.69, 9.17) is 9.47 Å². The number of rotatable bonds is 6. The molecule has 1 amide bonds. The zero-order chi connectivity index (χ0) is 17.6. The van der Waals surface area contributed by atoms with Gasteiger partial charge in [-0.05, 0) is 37.5 Å². The van der Waals surface area contributed by atoms with Crippen molar-refractivity contribution in [2.45, 2.75) is 37.5 Å². The van der Waals surface area contributed by atoms with E-state index in [1.807, 2.05) is 6.07 Å². The minimum absolute atomic E-state index is 0. The lowest BCUT2D eigenvalue weighted by Gasteiger charge is -2.22. The molecule has 0 radical (unpaired) electrons. The summed E-state index contributed by atoms with van der Waals surface area (Å²) in [6.45, 7) is 1.10. The molecule has 0 aliphatic carbocycles. The molecule has 0 spiro atoms. The lowest BCUT2D eigenvalue weighted by Crippen LogP contribution is -2.48. The van der Waals surface area contributed by atoms with Crippen LogP contribution in [0.15, 0.2) is 29.3 Å². The summed E-state index contributed by atoms with van der Waals surface area (Å²) in [4.78, 5) is 16.4. The molecule has 0 aromatic heterocycles. The summed E-state index contributed by atoms with van der Waals surface area (Å²) < 4.78 is 11.0. The van der Waals surface area contributed by atoms with Crippen LogP contribution in [0, 0.1) is 0 Å². The second-order valence-electron chi connectivity index (χ2n) is 6.35. The summed E-state index contributed by atoms with van der Waals surface area (Å²) in [5.74, 6) is 1.30. The van der Waals surface area contributed by atoms with Gasteiger partial charge in [-0.3, -0.25) is 9.79 Å². The van der Waals surface area contributed by atoms with Crippen molar-refractivity contribution in [2.24, 2.45) is 4.99 Å². The maximum absolute atomic E-state index is 12.1. The molecule has 1 aromatic carbocycles. The number of hydrogen-bond acceptors (Lipinski definition) is 4. The fraction of sp³-hybridized carbons (Fsp3) is 0.556. The molecule has 7 nitrogen and oxygen atoms in total. The molecule has 1 aromatic rings. The predicted molar refractivity (Wildman–Crippen MR) is 112 cm³/mol. The number of carbonyl (C=O) groups is 1. The van der Waals surface area contributed by atoms with Crippen LogP contribution in [0.1, 0.15) is 29.6 Å². The summed E-state index contributed by atoms with van der Waals surface area (Å²) in [6.07, 6.45) is 4.04. The van der Waals surface area contributed by atoms with Gasteiger partial charge in [0.05, 0.1) is 25.4 Å². The smallest absolute Gasteiger partial charge is 0.251 e. The second-order valence-corrected chi connectivity index (χ2v) is 6.35. The van der Waals surface area contributed by atoms with Gasteiger partial charge in [0.25, 0.3) is 5.91 Å². The molecule has 8 heteroatoms. The number of guanidine groups is 1. The molecule has 2 saturated heterocycles. The monoisotopic (exact) mass is 474 g/mol. The Morgan fingerprint density at radius 3 is 2.77 bits per heavy atom. The van der Waals surface area contributed by atoms with Crippen molar-refractivity contribution in [3.05, 3.63) is 29.8 Å². The Bertz CT molecular complexity index is 641. The van der Waals surface area contributed by atoms with Gasteiger partial charge in [0.2, 0.25) is 0 Å². The van der Waals surface area contributed by atoms with E-state index in [-0.39, 0.29) is 29.9 Å². The van der Waals surface area contributed by atoms with E-state index in [9.17, 15) is 4.79 Å². The van der Waals surface area contributed by atoms with Crippen LogP contribution in [0.4, 0.5) is 0 Å². The lowest BCUT2D eigenvalue weighted by atomic mass is 9.96. The van der Waals surface area contributed by atoms with Gasteiger partial charge in [-0.15, -0.1) is 24.0 Å². The molecule has 2 fully saturated rings. The molecule has 2 aliphatic rings. The van der Waals surface area contributed by atoms with Crippen molar-refractivity contribution >= 4 is 35.8 Å². The van der Waals surface area contributed by atoms with Crippen LogP contribution in [-0.4, -0.2) is 57.4 Å². The Balaban J connectivity index is 0.00000243. The number of fused-ring (bicyclic) bond motifs is 2. The maximum atomic E-state index is 12.1. The van der Waals surface area contributed by atoms with Crippen molar-refractivity contribution in [1.82, 2.24) is 16.0 Å². The van der Waals surface area contributed by atoms with Crippen LogP contribution in [0.2, 0.25) is 0 Å². The largest absolute Gasteiger partial charge is 0.497 e. The molecule has 0 saturated carbocycles. The van der Waals surface area contributed by atoms with Crippen LogP contribution in [-0.2, 0) is 4.74 Å². The number of aliphatic imine (C=N–C) groups is 1. The van der Waals surface area contributed by atoms with Crippen LogP contribution >= 0.6 is 24.0 Å². The first-order chi connectivity index (χ1) is 12.2. The van der Waals surface area contributed by atoms with Crippen molar-refractivity contribution in [2.75, 3.05) is 27.2 Å². The van der Waals surface area contributed by atoms with E-state index < -0.39 is 0 Å². The number of ether oxygens (including phenoxy) is 2. The van der Waals surface area contributed by atoms with Crippen molar-refractivity contribution in [3.63, 3.8) is 0 Å². The average Bonchev–Trinajstić information content (AvgIpc) is 3.27. The Morgan fingerprint density at radius 2 is 2.12 bits per heavy atom. The molecular weight excluding hydrogens is 447 g/mol. The van der Waals surface area contributed by atoms with Gasteiger partial charge in [-0.25, -0.2) is 0 Å². The minimum atomic E-state index is -0.120. The molecule has 2 aliphatic heterocycles. The fourth-order valence-electron chi connectivity index (χ4n) is 3.38. The van der Waals surface area contributed by atoms with Gasteiger partial charge in [0, 0.05) is 25.7 Å². The third kappa shape index (κ3) is 5.23. The van der Waals surface area contributed by atoms with Crippen LogP contribution in [0.5, 0.6) is 5.75 Å². The van der Waals surface area contributed by atoms with E-state index >= 15 is 0 Å². The molecule has 3 unspecified atom stereocenters. The fourth-order valence-corrected chi connectivity index (χ4v) is 3.38. The molecule has 2 heterocycles. The number of methoxy groups -OCH3 is 1. The summed E-state index contributed by atoms with van der Waals surface area (Å²) in [7, 11) is 3.33. The number of amides is 1. The van der Waals surface area contributed by atoms with Gasteiger partial charge in [0.1, 0.15) is 5.75 Å². The summed E-state index contributed by atoms with van der Waals surface area (Å²) >= 11 is 0. The standard InChI is InChI=1S/C18H26N4O3.HI/c1-19-18(22-15-11-14-6-7-16(15)25-14)21-9-8-20-17(23)12-4-3-5-13(10-12)24-2;/h3-5,10,14-16H,6-9,11H2,1-2H3,(H,20,23)(H2,19,21,22);1H. The van der Waals surface area contributed by atoms with E-state index in [1.54, 1.807) is 32.4 Å².